The van der Waals surface area contributed by atoms with E-state index in [9.17, 15) is 10.1 Å². The van der Waals surface area contributed by atoms with E-state index in [1.165, 1.54) is 6.07 Å². The first-order valence-electron chi connectivity index (χ1n) is 5.53. The quantitative estimate of drug-likeness (QED) is 0.482. The van der Waals surface area contributed by atoms with Crippen molar-refractivity contribution in [1.82, 2.24) is 4.98 Å². The second kappa shape index (κ2) is 5.99. The zero-order valence-electron chi connectivity index (χ0n) is 10.2. The third kappa shape index (κ3) is 3.21. The van der Waals surface area contributed by atoms with Gasteiger partial charge in [0, 0.05) is 29.7 Å². The van der Waals surface area contributed by atoms with Crippen LogP contribution in [0.5, 0.6) is 0 Å². The number of anilines is 1. The van der Waals surface area contributed by atoms with Gasteiger partial charge < -0.3 is 4.90 Å². The van der Waals surface area contributed by atoms with Gasteiger partial charge in [0.1, 0.15) is 0 Å². The maximum atomic E-state index is 10.8. The van der Waals surface area contributed by atoms with Gasteiger partial charge in [-0.2, -0.15) is 0 Å². The maximum Gasteiger partial charge on any atom is 0.273 e. The van der Waals surface area contributed by atoms with Gasteiger partial charge in [-0.25, -0.2) is 4.98 Å². The van der Waals surface area contributed by atoms with Crippen LogP contribution in [-0.2, 0) is 12.4 Å². The highest BCUT2D eigenvalue weighted by Gasteiger charge is 2.14. The highest BCUT2D eigenvalue weighted by molar-refractivity contribution is 7.07. The van der Waals surface area contributed by atoms with E-state index in [-0.39, 0.29) is 11.6 Å². The zero-order chi connectivity index (χ0) is 13.8. The fourth-order valence-corrected chi connectivity index (χ4v) is 2.51. The Hall–Kier alpha value is -1.66. The van der Waals surface area contributed by atoms with Crippen LogP contribution in [0.4, 0.5) is 11.4 Å². The van der Waals surface area contributed by atoms with Crippen LogP contribution in [0.2, 0.25) is 0 Å². The van der Waals surface area contributed by atoms with Gasteiger partial charge in [0.2, 0.25) is 0 Å². The molecule has 100 valence electrons. The van der Waals surface area contributed by atoms with Gasteiger partial charge in [0.15, 0.2) is 0 Å². The molecule has 0 unspecified atom stereocenters. The Labute approximate surface area is 119 Å². The molecule has 19 heavy (non-hydrogen) atoms. The van der Waals surface area contributed by atoms with Gasteiger partial charge in [-0.15, -0.1) is 22.9 Å². The van der Waals surface area contributed by atoms with E-state index in [4.69, 9.17) is 11.6 Å². The number of hydrogen-bond acceptors (Lipinski definition) is 5. The Bertz CT molecular complexity index is 574. The minimum absolute atomic E-state index is 0.0563. The standard InChI is InChI=1S/C12H12ClN3O2S/c1-15(6-10-7-19-8-14-10)11-2-3-12(16(17)18)9(4-11)5-13/h2-4,7-8H,5-6H2,1H3. The Kier molecular flexibility index (Phi) is 4.34. The van der Waals surface area contributed by atoms with Gasteiger partial charge >= 0.3 is 0 Å². The molecule has 2 rings (SSSR count). The van der Waals surface area contributed by atoms with Crippen molar-refractivity contribution >= 4 is 34.3 Å². The van der Waals surface area contributed by atoms with Crippen LogP contribution in [-0.4, -0.2) is 17.0 Å². The molecule has 0 aliphatic heterocycles. The van der Waals surface area contributed by atoms with E-state index in [0.29, 0.717) is 12.1 Å². The van der Waals surface area contributed by atoms with Gasteiger partial charge in [-0.3, -0.25) is 10.1 Å². The molecule has 0 amide bonds. The van der Waals surface area contributed by atoms with Crippen LogP contribution >= 0.6 is 22.9 Å². The van der Waals surface area contributed by atoms with E-state index < -0.39 is 4.92 Å². The van der Waals surface area contributed by atoms with Crippen LogP contribution in [0, 0.1) is 10.1 Å². The molecule has 0 spiro atoms. The molecule has 1 aromatic carbocycles. The zero-order valence-corrected chi connectivity index (χ0v) is 11.8. The van der Waals surface area contributed by atoms with Gasteiger partial charge in [-0.1, -0.05) is 0 Å². The Morgan fingerprint density at radius 2 is 2.32 bits per heavy atom. The van der Waals surface area contributed by atoms with Gasteiger partial charge in [0.05, 0.1) is 28.6 Å². The molecule has 0 radical (unpaired) electrons. The molecule has 1 aromatic heterocycles. The van der Waals surface area contributed by atoms with E-state index >= 15 is 0 Å². The molecule has 0 N–H and O–H groups in total. The third-order valence-corrected chi connectivity index (χ3v) is 3.65. The number of benzene rings is 1. The third-order valence-electron chi connectivity index (χ3n) is 2.73. The summed E-state index contributed by atoms with van der Waals surface area (Å²) in [5.41, 5.74) is 4.21. The molecule has 1 heterocycles. The first kappa shape index (κ1) is 13.8. The number of hydrogen-bond donors (Lipinski definition) is 0. The van der Waals surface area contributed by atoms with Gasteiger partial charge in [-0.05, 0) is 12.1 Å². The normalized spacial score (nSPS) is 10.4. The number of alkyl halides is 1. The predicted molar refractivity (Wildman–Crippen MR) is 76.9 cm³/mol. The summed E-state index contributed by atoms with van der Waals surface area (Å²) in [6.07, 6.45) is 0. The summed E-state index contributed by atoms with van der Waals surface area (Å²) < 4.78 is 0. The largest absolute Gasteiger partial charge is 0.369 e. The summed E-state index contributed by atoms with van der Waals surface area (Å²) in [5, 5.41) is 12.8. The maximum absolute atomic E-state index is 10.8. The van der Waals surface area contributed by atoms with Crippen molar-refractivity contribution in [2.45, 2.75) is 12.4 Å². The number of nitrogens with zero attached hydrogens (tertiary/aromatic N) is 3. The number of aromatic nitrogens is 1. The Morgan fingerprint density at radius 3 is 2.89 bits per heavy atom. The van der Waals surface area contributed by atoms with E-state index in [1.54, 1.807) is 29.0 Å². The number of nitro groups is 1. The fraction of sp³-hybridized carbons (Fsp3) is 0.250. The minimum Gasteiger partial charge on any atom is -0.369 e. The molecule has 0 fully saturated rings. The number of nitro benzene ring substituents is 1. The van der Waals surface area contributed by atoms with Crippen molar-refractivity contribution in [2.75, 3.05) is 11.9 Å². The lowest BCUT2D eigenvalue weighted by Gasteiger charge is -2.18. The molecule has 2 aromatic rings. The summed E-state index contributed by atoms with van der Waals surface area (Å²) in [7, 11) is 1.92. The summed E-state index contributed by atoms with van der Waals surface area (Å²) >= 11 is 7.30. The van der Waals surface area contributed by atoms with Crippen molar-refractivity contribution in [1.29, 1.82) is 0 Å². The molecular weight excluding hydrogens is 286 g/mol. The van der Waals surface area contributed by atoms with Crippen LogP contribution in [0.15, 0.2) is 29.1 Å². The lowest BCUT2D eigenvalue weighted by molar-refractivity contribution is -0.385. The summed E-state index contributed by atoms with van der Waals surface area (Å²) in [6, 6.07) is 4.96. The van der Waals surface area contributed by atoms with Crippen molar-refractivity contribution < 1.29 is 4.92 Å². The fourth-order valence-electron chi connectivity index (χ4n) is 1.74. The summed E-state index contributed by atoms with van der Waals surface area (Å²) in [6.45, 7) is 0.656. The average Bonchev–Trinajstić information content (AvgIpc) is 2.90. The molecule has 0 bridgehead atoms. The average molecular weight is 298 g/mol. The highest BCUT2D eigenvalue weighted by atomic mass is 35.5. The summed E-state index contributed by atoms with van der Waals surface area (Å²) in [4.78, 5) is 16.6. The van der Waals surface area contributed by atoms with Crippen molar-refractivity contribution in [3.8, 4) is 0 Å². The van der Waals surface area contributed by atoms with Crippen molar-refractivity contribution in [3.05, 3.63) is 50.5 Å². The predicted octanol–water partition coefficient (Wildman–Crippen LogP) is 3.43. The molecule has 0 saturated carbocycles. The second-order valence-corrected chi connectivity index (χ2v) is 5.03. The molecular formula is C12H12ClN3O2S. The second-order valence-electron chi connectivity index (χ2n) is 4.04. The molecule has 0 atom stereocenters. The van der Waals surface area contributed by atoms with E-state index in [2.05, 4.69) is 4.98 Å². The van der Waals surface area contributed by atoms with E-state index in [0.717, 1.165) is 11.4 Å². The molecule has 0 aliphatic carbocycles. The van der Waals surface area contributed by atoms with E-state index in [1.807, 2.05) is 17.3 Å². The monoisotopic (exact) mass is 297 g/mol. The lowest BCUT2D eigenvalue weighted by atomic mass is 10.1. The number of thiazole rings is 1. The molecule has 0 aliphatic rings. The minimum atomic E-state index is -0.415. The highest BCUT2D eigenvalue weighted by Crippen LogP contribution is 2.26. The summed E-state index contributed by atoms with van der Waals surface area (Å²) in [5.74, 6) is 0.120. The molecule has 7 heteroatoms. The van der Waals surface area contributed by atoms with Crippen LogP contribution < -0.4 is 4.90 Å². The first-order chi connectivity index (χ1) is 9.11. The topological polar surface area (TPSA) is 59.3 Å². The van der Waals surface area contributed by atoms with Crippen LogP contribution in [0.3, 0.4) is 0 Å². The number of halogens is 1. The van der Waals surface area contributed by atoms with Crippen LogP contribution in [0.1, 0.15) is 11.3 Å². The van der Waals surface area contributed by atoms with Gasteiger partial charge in [0.25, 0.3) is 5.69 Å². The Morgan fingerprint density at radius 1 is 1.53 bits per heavy atom. The molecule has 0 saturated heterocycles. The molecule has 5 nitrogen and oxygen atoms in total. The Balaban J connectivity index is 2.23. The van der Waals surface area contributed by atoms with Crippen molar-refractivity contribution in [2.24, 2.45) is 0 Å². The van der Waals surface area contributed by atoms with Crippen LogP contribution in [0.25, 0.3) is 0 Å². The number of rotatable bonds is 5. The first-order valence-corrected chi connectivity index (χ1v) is 7.01. The SMILES string of the molecule is CN(Cc1cscn1)c1ccc([N+](=O)[O-])c(CCl)c1. The van der Waals surface area contributed by atoms with Crippen molar-refractivity contribution in [3.63, 3.8) is 0 Å². The smallest absolute Gasteiger partial charge is 0.273 e. The lowest BCUT2D eigenvalue weighted by Crippen LogP contribution is -2.16.